The summed E-state index contributed by atoms with van der Waals surface area (Å²) in [4.78, 5) is 2.85. The first-order valence-corrected chi connectivity index (χ1v) is 8.95. The van der Waals surface area contributed by atoms with Gasteiger partial charge >= 0.3 is 0 Å². The third kappa shape index (κ3) is 6.13. The zero-order valence-electron chi connectivity index (χ0n) is 14.6. The Labute approximate surface area is 127 Å². The summed E-state index contributed by atoms with van der Waals surface area (Å²) in [6.45, 7) is 13.1. The Hall–Kier alpha value is -0.0800. The summed E-state index contributed by atoms with van der Waals surface area (Å²) in [5, 5.41) is 0. The molecule has 2 nitrogen and oxygen atoms in total. The molecule has 1 aliphatic rings. The van der Waals surface area contributed by atoms with Crippen LogP contribution in [0, 0.1) is 11.8 Å². The van der Waals surface area contributed by atoms with Gasteiger partial charge in [0.25, 0.3) is 0 Å². The van der Waals surface area contributed by atoms with Gasteiger partial charge in [0.05, 0.1) is 0 Å². The molecule has 0 atom stereocenters. The predicted molar refractivity (Wildman–Crippen MR) is 89.9 cm³/mol. The van der Waals surface area contributed by atoms with E-state index in [9.17, 15) is 0 Å². The maximum atomic E-state index is 6.09. The zero-order valence-corrected chi connectivity index (χ0v) is 14.6. The van der Waals surface area contributed by atoms with Gasteiger partial charge < -0.3 is 5.73 Å². The number of nitrogens with zero attached hydrogens (tertiary/aromatic N) is 1. The van der Waals surface area contributed by atoms with Gasteiger partial charge in [-0.25, -0.2) is 0 Å². The highest BCUT2D eigenvalue weighted by molar-refractivity contribution is 4.85. The molecular formula is C18H38N2. The Morgan fingerprint density at radius 1 is 0.950 bits per heavy atom. The van der Waals surface area contributed by atoms with E-state index in [0.717, 1.165) is 23.9 Å². The second-order valence-electron chi connectivity index (χ2n) is 7.72. The summed E-state index contributed by atoms with van der Waals surface area (Å²) in [7, 11) is 0. The van der Waals surface area contributed by atoms with Crippen LogP contribution < -0.4 is 5.73 Å². The lowest BCUT2D eigenvalue weighted by Crippen LogP contribution is -2.47. The summed E-state index contributed by atoms with van der Waals surface area (Å²) in [6.07, 6.45) is 9.04. The van der Waals surface area contributed by atoms with Gasteiger partial charge in [-0.05, 0) is 63.3 Å². The van der Waals surface area contributed by atoms with Crippen molar-refractivity contribution in [1.29, 1.82) is 0 Å². The van der Waals surface area contributed by atoms with E-state index in [1.165, 1.54) is 51.5 Å². The molecule has 20 heavy (non-hydrogen) atoms. The Balaban J connectivity index is 2.71. The van der Waals surface area contributed by atoms with Crippen LogP contribution in [-0.2, 0) is 0 Å². The van der Waals surface area contributed by atoms with Crippen molar-refractivity contribution < 1.29 is 0 Å². The zero-order chi connectivity index (χ0) is 15.1. The lowest BCUT2D eigenvalue weighted by Gasteiger charge is -2.42. The molecule has 0 aromatic rings. The summed E-state index contributed by atoms with van der Waals surface area (Å²) in [6, 6.07) is 2.02. The molecule has 0 heterocycles. The van der Waals surface area contributed by atoms with Crippen LogP contribution in [0.4, 0.5) is 0 Å². The van der Waals surface area contributed by atoms with Crippen LogP contribution >= 0.6 is 0 Å². The minimum atomic E-state index is 0.461. The molecule has 0 bridgehead atoms. The molecule has 120 valence electrons. The van der Waals surface area contributed by atoms with Crippen molar-refractivity contribution >= 4 is 0 Å². The van der Waals surface area contributed by atoms with Crippen molar-refractivity contribution in [2.24, 2.45) is 17.6 Å². The topological polar surface area (TPSA) is 29.3 Å². The third-order valence-electron chi connectivity index (χ3n) is 4.65. The van der Waals surface area contributed by atoms with E-state index >= 15 is 0 Å². The van der Waals surface area contributed by atoms with Gasteiger partial charge in [0.1, 0.15) is 0 Å². The molecule has 0 radical (unpaired) electrons. The number of hydrogen-bond donors (Lipinski definition) is 1. The van der Waals surface area contributed by atoms with E-state index in [1.54, 1.807) is 0 Å². The Kier molecular flexibility index (Phi) is 8.13. The van der Waals surface area contributed by atoms with Gasteiger partial charge in [-0.3, -0.25) is 4.90 Å². The fourth-order valence-corrected chi connectivity index (χ4v) is 3.81. The van der Waals surface area contributed by atoms with Crippen molar-refractivity contribution in [3.8, 4) is 0 Å². The Morgan fingerprint density at radius 2 is 1.45 bits per heavy atom. The molecule has 2 N–H and O–H groups in total. The average Bonchev–Trinajstić information content (AvgIpc) is 2.35. The van der Waals surface area contributed by atoms with E-state index in [1.807, 2.05) is 0 Å². The van der Waals surface area contributed by atoms with Crippen LogP contribution in [-0.4, -0.2) is 29.6 Å². The first-order chi connectivity index (χ1) is 9.43. The van der Waals surface area contributed by atoms with Gasteiger partial charge in [-0.2, -0.15) is 0 Å². The quantitative estimate of drug-likeness (QED) is 0.713. The van der Waals surface area contributed by atoms with Gasteiger partial charge in [-0.15, -0.1) is 0 Å². The minimum absolute atomic E-state index is 0.461. The Bertz CT molecular complexity index is 232. The molecule has 1 rings (SSSR count). The molecular weight excluding hydrogens is 244 g/mol. The molecule has 1 fully saturated rings. The fourth-order valence-electron chi connectivity index (χ4n) is 3.81. The highest BCUT2D eigenvalue weighted by Crippen LogP contribution is 2.28. The number of nitrogens with two attached hydrogens (primary N) is 1. The molecule has 0 aliphatic heterocycles. The molecule has 0 aromatic carbocycles. The minimum Gasteiger partial charge on any atom is -0.328 e. The van der Waals surface area contributed by atoms with Crippen molar-refractivity contribution in [3.05, 3.63) is 0 Å². The van der Waals surface area contributed by atoms with Gasteiger partial charge in [-0.1, -0.05) is 34.6 Å². The lowest BCUT2D eigenvalue weighted by molar-refractivity contribution is 0.0752. The van der Waals surface area contributed by atoms with Crippen LogP contribution in [0.1, 0.15) is 79.6 Å². The first-order valence-electron chi connectivity index (χ1n) is 8.95. The van der Waals surface area contributed by atoms with E-state index in [-0.39, 0.29) is 0 Å². The molecule has 1 aliphatic carbocycles. The molecule has 0 amide bonds. The van der Waals surface area contributed by atoms with Crippen molar-refractivity contribution in [2.75, 3.05) is 6.54 Å². The highest BCUT2D eigenvalue weighted by atomic mass is 15.2. The van der Waals surface area contributed by atoms with Crippen LogP contribution in [0.3, 0.4) is 0 Å². The Morgan fingerprint density at radius 3 is 1.85 bits per heavy atom. The van der Waals surface area contributed by atoms with Crippen molar-refractivity contribution in [3.63, 3.8) is 0 Å². The lowest BCUT2D eigenvalue weighted by atomic mass is 9.87. The van der Waals surface area contributed by atoms with Crippen LogP contribution in [0.15, 0.2) is 0 Å². The molecule has 1 saturated carbocycles. The second kappa shape index (κ2) is 9.04. The number of rotatable bonds is 8. The average molecular weight is 283 g/mol. The highest BCUT2D eigenvalue weighted by Gasteiger charge is 2.29. The SMILES string of the molecule is CCCN(C1CCC(N)CC1)C(CC(C)C)CC(C)C. The standard InChI is InChI=1S/C18H38N2/c1-6-11-20(17-9-7-16(19)8-10-17)18(12-14(2)3)13-15(4)5/h14-18H,6-13,19H2,1-5H3. The van der Waals surface area contributed by atoms with Crippen molar-refractivity contribution in [1.82, 2.24) is 4.90 Å². The van der Waals surface area contributed by atoms with Gasteiger partial charge in [0, 0.05) is 18.1 Å². The van der Waals surface area contributed by atoms with E-state index in [4.69, 9.17) is 5.73 Å². The monoisotopic (exact) mass is 282 g/mol. The molecule has 2 heteroatoms. The van der Waals surface area contributed by atoms with E-state index in [0.29, 0.717) is 6.04 Å². The molecule has 0 aromatic heterocycles. The second-order valence-corrected chi connectivity index (χ2v) is 7.72. The van der Waals surface area contributed by atoms with E-state index in [2.05, 4.69) is 39.5 Å². The van der Waals surface area contributed by atoms with Crippen LogP contribution in [0.2, 0.25) is 0 Å². The number of hydrogen-bond acceptors (Lipinski definition) is 2. The maximum absolute atomic E-state index is 6.09. The fraction of sp³-hybridized carbons (Fsp3) is 1.00. The summed E-state index contributed by atoms with van der Waals surface area (Å²) < 4.78 is 0. The third-order valence-corrected chi connectivity index (χ3v) is 4.65. The van der Waals surface area contributed by atoms with E-state index < -0.39 is 0 Å². The maximum Gasteiger partial charge on any atom is 0.0103 e. The largest absolute Gasteiger partial charge is 0.328 e. The summed E-state index contributed by atoms with van der Waals surface area (Å²) in [5.74, 6) is 1.59. The summed E-state index contributed by atoms with van der Waals surface area (Å²) >= 11 is 0. The predicted octanol–water partition coefficient (Wildman–Crippen LogP) is 4.43. The van der Waals surface area contributed by atoms with Crippen LogP contribution in [0.5, 0.6) is 0 Å². The molecule has 0 saturated heterocycles. The van der Waals surface area contributed by atoms with Gasteiger partial charge in [0.2, 0.25) is 0 Å². The molecule has 0 spiro atoms. The smallest absolute Gasteiger partial charge is 0.0103 e. The summed E-state index contributed by atoms with van der Waals surface area (Å²) in [5.41, 5.74) is 6.09. The molecule has 0 unspecified atom stereocenters. The van der Waals surface area contributed by atoms with Crippen molar-refractivity contribution in [2.45, 2.75) is 97.7 Å². The van der Waals surface area contributed by atoms with Gasteiger partial charge in [0.15, 0.2) is 0 Å². The first kappa shape index (κ1) is 18.0. The van der Waals surface area contributed by atoms with Crippen LogP contribution in [0.25, 0.3) is 0 Å². The normalized spacial score (nSPS) is 24.3.